The molecule has 2 aromatic rings. The van der Waals surface area contributed by atoms with Gasteiger partial charge in [-0.25, -0.2) is 0 Å². The summed E-state index contributed by atoms with van der Waals surface area (Å²) in [6.45, 7) is 0.820. The average Bonchev–Trinajstić information content (AvgIpc) is 3.20. The molecule has 0 bridgehead atoms. The van der Waals surface area contributed by atoms with Gasteiger partial charge in [0.15, 0.2) is 0 Å². The Morgan fingerprint density at radius 3 is 2.20 bits per heavy atom. The van der Waals surface area contributed by atoms with E-state index in [-0.39, 0.29) is 0 Å². The molecule has 1 saturated carbocycles. The molecule has 1 aliphatic carbocycles. The lowest BCUT2D eigenvalue weighted by molar-refractivity contribution is 0.688. The molecule has 0 heterocycles. The third-order valence-electron chi connectivity index (χ3n) is 3.41. The van der Waals surface area contributed by atoms with Gasteiger partial charge in [0.2, 0.25) is 0 Å². The Hall–Kier alpha value is -0.730. The number of halogens is 3. The first-order valence-electron chi connectivity index (χ1n) is 6.60. The van der Waals surface area contributed by atoms with Gasteiger partial charge in [-0.15, -0.1) is 0 Å². The number of nitrogens with one attached hydrogen (secondary N) is 1. The Kier molecular flexibility index (Phi) is 4.23. The first-order valence-corrected chi connectivity index (χ1v) is 7.73. The molecule has 0 aromatic heterocycles. The molecule has 20 heavy (non-hydrogen) atoms. The minimum Gasteiger partial charge on any atom is -0.310 e. The van der Waals surface area contributed by atoms with E-state index >= 15 is 0 Å². The van der Waals surface area contributed by atoms with Gasteiger partial charge >= 0.3 is 0 Å². The van der Waals surface area contributed by atoms with Crippen LogP contribution in [0.4, 0.5) is 0 Å². The van der Waals surface area contributed by atoms with Crippen molar-refractivity contribution in [2.24, 2.45) is 0 Å². The summed E-state index contributed by atoms with van der Waals surface area (Å²) in [5.41, 5.74) is 3.12. The van der Waals surface area contributed by atoms with Crippen LogP contribution in [-0.4, -0.2) is 6.04 Å². The van der Waals surface area contributed by atoms with Crippen LogP contribution in [0.1, 0.15) is 18.4 Å². The van der Waals surface area contributed by atoms with E-state index in [1.54, 1.807) is 6.07 Å². The van der Waals surface area contributed by atoms with E-state index in [1.165, 1.54) is 12.8 Å². The van der Waals surface area contributed by atoms with Gasteiger partial charge in [-0.05, 0) is 53.8 Å². The van der Waals surface area contributed by atoms with E-state index in [9.17, 15) is 0 Å². The zero-order valence-corrected chi connectivity index (χ0v) is 13.1. The van der Waals surface area contributed by atoms with Crippen molar-refractivity contribution in [3.05, 3.63) is 57.0 Å². The van der Waals surface area contributed by atoms with Crippen LogP contribution in [0.15, 0.2) is 36.4 Å². The van der Waals surface area contributed by atoms with Crippen molar-refractivity contribution in [3.8, 4) is 11.1 Å². The van der Waals surface area contributed by atoms with Crippen LogP contribution in [-0.2, 0) is 6.54 Å². The third-order valence-corrected chi connectivity index (χ3v) is 4.20. The summed E-state index contributed by atoms with van der Waals surface area (Å²) in [6.07, 6.45) is 2.55. The number of benzene rings is 2. The summed E-state index contributed by atoms with van der Waals surface area (Å²) in [5.74, 6) is 0. The average molecular weight is 327 g/mol. The van der Waals surface area contributed by atoms with Crippen molar-refractivity contribution < 1.29 is 0 Å². The molecule has 1 aliphatic rings. The Morgan fingerprint density at radius 1 is 0.900 bits per heavy atom. The summed E-state index contributed by atoms with van der Waals surface area (Å²) in [5, 5.41) is 5.49. The first kappa shape index (κ1) is 14.2. The molecule has 1 N–H and O–H groups in total. The second kappa shape index (κ2) is 5.95. The third kappa shape index (κ3) is 3.48. The smallest absolute Gasteiger partial charge is 0.0457 e. The molecule has 0 aliphatic heterocycles. The molecule has 0 spiro atoms. The van der Waals surface area contributed by atoms with Gasteiger partial charge in [-0.1, -0.05) is 46.9 Å². The maximum absolute atomic E-state index is 6.36. The summed E-state index contributed by atoms with van der Waals surface area (Å²) in [4.78, 5) is 0. The highest BCUT2D eigenvalue weighted by molar-refractivity contribution is 6.35. The van der Waals surface area contributed by atoms with E-state index in [2.05, 4.69) is 17.4 Å². The van der Waals surface area contributed by atoms with Crippen LogP contribution in [0.25, 0.3) is 11.1 Å². The van der Waals surface area contributed by atoms with E-state index in [4.69, 9.17) is 34.8 Å². The molecule has 3 rings (SSSR count). The van der Waals surface area contributed by atoms with Crippen molar-refractivity contribution in [1.29, 1.82) is 0 Å². The molecule has 104 valence electrons. The van der Waals surface area contributed by atoms with Gasteiger partial charge in [0.25, 0.3) is 0 Å². The van der Waals surface area contributed by atoms with Crippen LogP contribution in [0.2, 0.25) is 15.1 Å². The largest absolute Gasteiger partial charge is 0.310 e. The van der Waals surface area contributed by atoms with Crippen molar-refractivity contribution in [3.63, 3.8) is 0 Å². The lowest BCUT2D eigenvalue weighted by Gasteiger charge is -2.09. The molecule has 2 aromatic carbocycles. The van der Waals surface area contributed by atoms with E-state index < -0.39 is 0 Å². The normalized spacial score (nSPS) is 14.6. The lowest BCUT2D eigenvalue weighted by atomic mass is 10.0. The molecule has 4 heteroatoms. The quantitative estimate of drug-likeness (QED) is 0.775. The monoisotopic (exact) mass is 325 g/mol. The van der Waals surface area contributed by atoms with Crippen LogP contribution >= 0.6 is 34.8 Å². The van der Waals surface area contributed by atoms with Gasteiger partial charge in [0.1, 0.15) is 0 Å². The van der Waals surface area contributed by atoms with Crippen molar-refractivity contribution in [2.45, 2.75) is 25.4 Å². The zero-order valence-electron chi connectivity index (χ0n) is 10.8. The molecule has 0 saturated heterocycles. The predicted molar refractivity (Wildman–Crippen MR) is 86.8 cm³/mol. The van der Waals surface area contributed by atoms with Gasteiger partial charge < -0.3 is 5.32 Å². The lowest BCUT2D eigenvalue weighted by Crippen LogP contribution is -2.15. The molecule has 0 atom stereocenters. The topological polar surface area (TPSA) is 12.0 Å². The summed E-state index contributed by atoms with van der Waals surface area (Å²) in [6, 6.07) is 12.3. The Balaban J connectivity index is 1.84. The molecule has 0 amide bonds. The molecular formula is C16H14Cl3N. The van der Waals surface area contributed by atoms with E-state index in [0.29, 0.717) is 16.1 Å². The zero-order chi connectivity index (χ0) is 14.1. The molecule has 1 fully saturated rings. The Morgan fingerprint density at radius 2 is 1.60 bits per heavy atom. The minimum absolute atomic E-state index is 0.628. The molecular weight excluding hydrogens is 313 g/mol. The fraction of sp³-hybridized carbons (Fsp3) is 0.250. The highest BCUT2D eigenvalue weighted by Gasteiger charge is 2.20. The molecule has 0 unspecified atom stereocenters. The molecule has 1 nitrogen and oxygen atoms in total. The van der Waals surface area contributed by atoms with Crippen LogP contribution in [0.5, 0.6) is 0 Å². The highest BCUT2D eigenvalue weighted by Crippen LogP contribution is 2.30. The second-order valence-electron chi connectivity index (χ2n) is 5.12. The number of hydrogen-bond acceptors (Lipinski definition) is 1. The summed E-state index contributed by atoms with van der Waals surface area (Å²) >= 11 is 18.4. The second-order valence-corrected chi connectivity index (χ2v) is 6.40. The van der Waals surface area contributed by atoms with Gasteiger partial charge in [-0.3, -0.25) is 0 Å². The van der Waals surface area contributed by atoms with Crippen molar-refractivity contribution in [2.75, 3.05) is 0 Å². The fourth-order valence-electron chi connectivity index (χ4n) is 2.13. The van der Waals surface area contributed by atoms with Gasteiger partial charge in [-0.2, -0.15) is 0 Å². The standard InChI is InChI=1S/C16H14Cl3N/c17-13-5-12(6-14(18)8-13)10-1-2-11(16(19)7-10)9-20-15-3-4-15/h1-2,5-8,15,20H,3-4,9H2. The Labute approximate surface area is 133 Å². The number of rotatable bonds is 4. The van der Waals surface area contributed by atoms with Crippen LogP contribution in [0, 0.1) is 0 Å². The van der Waals surface area contributed by atoms with Crippen molar-refractivity contribution in [1.82, 2.24) is 5.32 Å². The van der Waals surface area contributed by atoms with Crippen LogP contribution in [0.3, 0.4) is 0 Å². The van der Waals surface area contributed by atoms with E-state index in [1.807, 2.05) is 18.2 Å². The predicted octanol–water partition coefficient (Wildman–Crippen LogP) is 5.57. The van der Waals surface area contributed by atoms with Gasteiger partial charge in [0.05, 0.1) is 0 Å². The fourth-order valence-corrected chi connectivity index (χ4v) is 2.91. The summed E-state index contributed by atoms with van der Waals surface area (Å²) < 4.78 is 0. The summed E-state index contributed by atoms with van der Waals surface area (Å²) in [7, 11) is 0. The van der Waals surface area contributed by atoms with Gasteiger partial charge in [0, 0.05) is 27.7 Å². The highest BCUT2D eigenvalue weighted by atomic mass is 35.5. The Bertz CT molecular complexity index is 615. The number of hydrogen-bond donors (Lipinski definition) is 1. The van der Waals surface area contributed by atoms with Crippen LogP contribution < -0.4 is 5.32 Å². The minimum atomic E-state index is 0.628. The van der Waals surface area contributed by atoms with Crippen molar-refractivity contribution >= 4 is 34.8 Å². The maximum atomic E-state index is 6.36. The maximum Gasteiger partial charge on any atom is 0.0457 e. The first-order chi connectivity index (χ1) is 9.61. The SMILES string of the molecule is Clc1cc(Cl)cc(-c2ccc(CNC3CC3)c(Cl)c2)c1. The van der Waals surface area contributed by atoms with E-state index in [0.717, 1.165) is 28.3 Å². The molecule has 0 radical (unpaired) electrons.